The van der Waals surface area contributed by atoms with Crippen molar-refractivity contribution in [3.63, 3.8) is 0 Å². The van der Waals surface area contributed by atoms with Gasteiger partial charge in [-0.05, 0) is 56.3 Å². The molecule has 3 atom stereocenters. The third-order valence-electron chi connectivity index (χ3n) is 7.57. The van der Waals surface area contributed by atoms with Crippen molar-refractivity contribution in [3.05, 3.63) is 29.8 Å². The fraction of sp³-hybridized carbons (Fsp3) is 0.607. The van der Waals surface area contributed by atoms with Crippen molar-refractivity contribution < 1.29 is 38.9 Å². The van der Waals surface area contributed by atoms with E-state index in [0.29, 0.717) is 62.8 Å². The molecule has 1 aromatic carbocycles. The van der Waals surface area contributed by atoms with E-state index in [9.17, 15) is 34.2 Å². The Morgan fingerprint density at radius 2 is 1.68 bits per heavy atom. The van der Waals surface area contributed by atoms with E-state index in [4.69, 9.17) is 16.2 Å². The number of nitrogens with zero attached hydrogens (tertiary/aromatic N) is 1. The maximum atomic E-state index is 13.6. The number of benzene rings is 1. The molecule has 0 radical (unpaired) electrons. The van der Waals surface area contributed by atoms with E-state index in [2.05, 4.69) is 5.32 Å². The Hall–Kier alpha value is -3.51. The zero-order chi connectivity index (χ0) is 29.9. The molecule has 7 N–H and O–H groups in total. The number of aliphatic carboxylic acids is 2. The lowest BCUT2D eigenvalue weighted by Crippen LogP contribution is -2.52. The monoisotopic (exact) mass is 562 g/mol. The highest BCUT2D eigenvalue weighted by atomic mass is 16.5. The van der Waals surface area contributed by atoms with Gasteiger partial charge in [0.2, 0.25) is 17.7 Å². The van der Waals surface area contributed by atoms with Gasteiger partial charge in [-0.15, -0.1) is 0 Å². The number of carboxylic acid groups (broad SMARTS) is 2. The van der Waals surface area contributed by atoms with Crippen LogP contribution in [0.25, 0.3) is 0 Å². The summed E-state index contributed by atoms with van der Waals surface area (Å²) in [5, 5.41) is 22.5. The van der Waals surface area contributed by atoms with Gasteiger partial charge in [0.05, 0.1) is 24.5 Å². The summed E-state index contributed by atoms with van der Waals surface area (Å²) in [7, 11) is 1.52. The number of hydrogen-bond donors (Lipinski definition) is 5. The van der Waals surface area contributed by atoms with Crippen LogP contribution < -0.4 is 21.5 Å². The molecule has 0 heterocycles. The van der Waals surface area contributed by atoms with Crippen LogP contribution in [0.15, 0.2) is 24.3 Å². The van der Waals surface area contributed by atoms with E-state index in [-0.39, 0.29) is 12.8 Å². The van der Waals surface area contributed by atoms with Gasteiger partial charge in [-0.2, -0.15) is 0 Å². The van der Waals surface area contributed by atoms with E-state index in [1.807, 2.05) is 0 Å². The Labute approximate surface area is 234 Å². The van der Waals surface area contributed by atoms with Crippen molar-refractivity contribution in [2.45, 2.75) is 76.8 Å². The molecule has 3 amide bonds. The minimum atomic E-state index is -1.26. The van der Waals surface area contributed by atoms with Crippen molar-refractivity contribution in [1.82, 2.24) is 10.2 Å². The predicted octanol–water partition coefficient (Wildman–Crippen LogP) is 1.29. The van der Waals surface area contributed by atoms with Gasteiger partial charge in [0.1, 0.15) is 11.8 Å². The quantitative estimate of drug-likeness (QED) is 0.183. The van der Waals surface area contributed by atoms with Crippen LogP contribution in [0.5, 0.6) is 5.75 Å². The highest BCUT2D eigenvalue weighted by molar-refractivity contribution is 5.97. The number of rotatable bonds is 16. The normalized spacial score (nSPS) is 16.4. The number of carbonyl (C=O) groups is 5. The summed E-state index contributed by atoms with van der Waals surface area (Å²) < 4.78 is 5.12. The van der Waals surface area contributed by atoms with Crippen LogP contribution in [0.1, 0.15) is 63.9 Å². The lowest BCUT2D eigenvalue weighted by atomic mass is 9.76. The smallest absolute Gasteiger partial charge is 0.326 e. The van der Waals surface area contributed by atoms with E-state index in [0.717, 1.165) is 11.8 Å². The fourth-order valence-electron chi connectivity index (χ4n) is 5.21. The maximum absolute atomic E-state index is 13.6. The van der Waals surface area contributed by atoms with Crippen LogP contribution in [0.2, 0.25) is 0 Å². The summed E-state index contributed by atoms with van der Waals surface area (Å²) in [4.78, 5) is 64.0. The van der Waals surface area contributed by atoms with Gasteiger partial charge >= 0.3 is 11.9 Å². The van der Waals surface area contributed by atoms with Crippen molar-refractivity contribution in [2.24, 2.45) is 22.8 Å². The minimum Gasteiger partial charge on any atom is -0.497 e. The molecule has 0 saturated heterocycles. The molecular weight excluding hydrogens is 520 g/mol. The molecule has 0 spiro atoms. The Balaban J connectivity index is 2.21. The van der Waals surface area contributed by atoms with E-state index in [1.54, 1.807) is 24.3 Å². The fourth-order valence-corrected chi connectivity index (χ4v) is 5.21. The third kappa shape index (κ3) is 9.02. The predicted molar refractivity (Wildman–Crippen MR) is 146 cm³/mol. The molecular formula is C28H42N4O8. The average Bonchev–Trinajstić information content (AvgIpc) is 3.40. The molecule has 1 aliphatic rings. The number of hydrogen-bond acceptors (Lipinski definition) is 8. The van der Waals surface area contributed by atoms with Crippen molar-refractivity contribution in [2.75, 3.05) is 20.2 Å². The molecule has 1 saturated carbocycles. The third-order valence-corrected chi connectivity index (χ3v) is 7.57. The number of amides is 3. The molecule has 222 valence electrons. The van der Waals surface area contributed by atoms with Crippen molar-refractivity contribution in [3.8, 4) is 5.75 Å². The number of ether oxygens (including phenoxy) is 1. The Morgan fingerprint density at radius 1 is 1.05 bits per heavy atom. The second kappa shape index (κ2) is 15.3. The Morgan fingerprint density at radius 3 is 2.17 bits per heavy atom. The van der Waals surface area contributed by atoms with E-state index in [1.165, 1.54) is 7.11 Å². The molecule has 1 fully saturated rings. The summed E-state index contributed by atoms with van der Waals surface area (Å²) in [6, 6.07) is 4.59. The second-order valence-corrected chi connectivity index (χ2v) is 10.5. The zero-order valence-corrected chi connectivity index (χ0v) is 23.3. The van der Waals surface area contributed by atoms with Crippen LogP contribution in [-0.4, -0.2) is 77.1 Å². The van der Waals surface area contributed by atoms with Crippen molar-refractivity contribution >= 4 is 29.7 Å². The summed E-state index contributed by atoms with van der Waals surface area (Å²) >= 11 is 0. The van der Waals surface area contributed by atoms with Crippen LogP contribution in [0.3, 0.4) is 0 Å². The van der Waals surface area contributed by atoms with Crippen LogP contribution in [0, 0.1) is 11.3 Å². The van der Waals surface area contributed by atoms with Crippen molar-refractivity contribution in [1.29, 1.82) is 0 Å². The lowest BCUT2D eigenvalue weighted by molar-refractivity contribution is -0.151. The largest absolute Gasteiger partial charge is 0.497 e. The van der Waals surface area contributed by atoms with Gasteiger partial charge in [0, 0.05) is 19.9 Å². The summed E-state index contributed by atoms with van der Waals surface area (Å²) in [6.45, 7) is 1.17. The number of methoxy groups -OCH3 is 1. The molecule has 1 aliphatic carbocycles. The van der Waals surface area contributed by atoms with Gasteiger partial charge in [-0.1, -0.05) is 31.4 Å². The van der Waals surface area contributed by atoms with Gasteiger partial charge in [0.25, 0.3) is 0 Å². The van der Waals surface area contributed by atoms with Crippen LogP contribution in [-0.2, 0) is 30.4 Å². The Bertz CT molecular complexity index is 1040. The number of imide groups is 1. The van der Waals surface area contributed by atoms with Crippen LogP contribution in [0.4, 0.5) is 0 Å². The van der Waals surface area contributed by atoms with E-state index < -0.39 is 59.6 Å². The SMILES string of the molecule is COc1ccc(C[C@H](NC(=O)C2(C[C@@H](CN(C(C)=O)C(=O)[C@@H](N)CCCCN)C(=O)O)CCCC2)C(=O)O)cc1. The molecule has 1 aromatic rings. The van der Waals surface area contributed by atoms with Gasteiger partial charge in [-0.3, -0.25) is 24.1 Å². The molecule has 40 heavy (non-hydrogen) atoms. The minimum absolute atomic E-state index is 0.0260. The number of carboxylic acids is 2. The molecule has 0 aliphatic heterocycles. The zero-order valence-electron chi connectivity index (χ0n) is 23.3. The number of nitrogens with two attached hydrogens (primary N) is 2. The first-order valence-electron chi connectivity index (χ1n) is 13.6. The number of unbranched alkanes of at least 4 members (excludes halogenated alkanes) is 1. The number of nitrogens with one attached hydrogen (secondary N) is 1. The summed E-state index contributed by atoms with van der Waals surface area (Å²) in [6.07, 6.45) is 3.48. The Kier molecular flexibility index (Phi) is 12.5. The van der Waals surface area contributed by atoms with Crippen LogP contribution >= 0.6 is 0 Å². The highest BCUT2D eigenvalue weighted by Crippen LogP contribution is 2.44. The lowest BCUT2D eigenvalue weighted by Gasteiger charge is -2.33. The molecule has 0 unspecified atom stereocenters. The second-order valence-electron chi connectivity index (χ2n) is 10.5. The van der Waals surface area contributed by atoms with Gasteiger partial charge in [-0.25, -0.2) is 4.79 Å². The highest BCUT2D eigenvalue weighted by Gasteiger charge is 2.46. The first kappa shape index (κ1) is 32.7. The molecule has 12 nitrogen and oxygen atoms in total. The summed E-state index contributed by atoms with van der Waals surface area (Å²) in [5.41, 5.74) is 11.0. The average molecular weight is 563 g/mol. The first-order valence-corrected chi connectivity index (χ1v) is 13.6. The molecule has 12 heteroatoms. The first-order chi connectivity index (χ1) is 18.9. The molecule has 2 rings (SSSR count). The van der Waals surface area contributed by atoms with Gasteiger partial charge < -0.3 is 31.7 Å². The van der Waals surface area contributed by atoms with Gasteiger partial charge in [0.15, 0.2) is 0 Å². The molecule has 0 aromatic heterocycles. The topological polar surface area (TPSA) is 202 Å². The van der Waals surface area contributed by atoms with E-state index >= 15 is 0 Å². The molecule has 0 bridgehead atoms. The summed E-state index contributed by atoms with van der Waals surface area (Å²) in [5.74, 6) is -4.97. The number of carbonyl (C=O) groups excluding carboxylic acids is 3. The standard InChI is InChI=1S/C28H42N4O8/c1-18(33)32(24(34)22(30)7-3-6-14-29)17-20(25(35)36)16-28(12-4-5-13-28)27(39)31-23(26(37)38)15-19-8-10-21(40-2)11-9-19/h8-11,20,22-23H,3-7,12-17,29-30H2,1-2H3,(H,31,39)(H,35,36)(H,37,38)/t20-,22-,23-/m0/s1. The maximum Gasteiger partial charge on any atom is 0.326 e.